The number of anilines is 1. The molecule has 0 fully saturated rings. The minimum Gasteiger partial charge on any atom is -0.396 e. The van der Waals surface area contributed by atoms with Crippen molar-refractivity contribution >= 4 is 15.5 Å². The number of rotatable bonds is 4. The van der Waals surface area contributed by atoms with Gasteiger partial charge in [-0.3, -0.25) is 4.68 Å². The van der Waals surface area contributed by atoms with Crippen LogP contribution in [0.4, 0.5) is 5.69 Å². The standard InChI is InChI=1S/C9H13N5O3S/c1-6(18(2,15)16)9-12-8(17-13-9)5-14-4-7(10)3-11-14/h3-4,6H,5,10H2,1-2H3. The minimum absolute atomic E-state index is 0.146. The van der Waals surface area contributed by atoms with Crippen LogP contribution in [0.2, 0.25) is 0 Å². The fourth-order valence-corrected chi connectivity index (χ4v) is 1.77. The summed E-state index contributed by atoms with van der Waals surface area (Å²) in [4.78, 5) is 4.02. The van der Waals surface area contributed by atoms with E-state index in [2.05, 4.69) is 15.2 Å². The molecule has 0 spiro atoms. The summed E-state index contributed by atoms with van der Waals surface area (Å²) in [6.45, 7) is 1.76. The summed E-state index contributed by atoms with van der Waals surface area (Å²) in [6.07, 6.45) is 4.24. The van der Waals surface area contributed by atoms with Gasteiger partial charge in [-0.15, -0.1) is 0 Å². The fourth-order valence-electron chi connectivity index (χ4n) is 1.29. The van der Waals surface area contributed by atoms with Gasteiger partial charge in [-0.2, -0.15) is 10.1 Å². The number of sulfone groups is 1. The van der Waals surface area contributed by atoms with Gasteiger partial charge in [0.25, 0.3) is 0 Å². The van der Waals surface area contributed by atoms with E-state index in [1.807, 2.05) is 0 Å². The van der Waals surface area contributed by atoms with E-state index >= 15 is 0 Å². The third kappa shape index (κ3) is 2.67. The van der Waals surface area contributed by atoms with Crippen molar-refractivity contribution in [2.24, 2.45) is 0 Å². The molecule has 2 aromatic rings. The molecule has 8 nitrogen and oxygen atoms in total. The summed E-state index contributed by atoms with van der Waals surface area (Å²) in [6, 6.07) is 0. The molecule has 2 N–H and O–H groups in total. The van der Waals surface area contributed by atoms with Crippen molar-refractivity contribution < 1.29 is 12.9 Å². The van der Waals surface area contributed by atoms with Crippen LogP contribution in [-0.2, 0) is 16.4 Å². The highest BCUT2D eigenvalue weighted by Crippen LogP contribution is 2.17. The Morgan fingerprint density at radius 3 is 2.83 bits per heavy atom. The molecule has 0 aliphatic carbocycles. The molecule has 0 saturated heterocycles. The van der Waals surface area contributed by atoms with Crippen molar-refractivity contribution in [3.05, 3.63) is 24.1 Å². The third-order valence-corrected chi connectivity index (χ3v) is 3.94. The second-order valence-electron chi connectivity index (χ2n) is 3.99. The van der Waals surface area contributed by atoms with E-state index in [-0.39, 0.29) is 18.3 Å². The summed E-state index contributed by atoms with van der Waals surface area (Å²) < 4.78 is 29.2. The van der Waals surface area contributed by atoms with Gasteiger partial charge in [0.15, 0.2) is 15.7 Å². The Kier molecular flexibility index (Phi) is 3.07. The van der Waals surface area contributed by atoms with Crippen LogP contribution in [0, 0.1) is 0 Å². The summed E-state index contributed by atoms with van der Waals surface area (Å²) >= 11 is 0. The highest BCUT2D eigenvalue weighted by molar-refractivity contribution is 7.90. The maximum Gasteiger partial charge on any atom is 0.248 e. The molecule has 1 atom stereocenters. The number of hydrogen-bond donors (Lipinski definition) is 1. The average molecular weight is 271 g/mol. The lowest BCUT2D eigenvalue weighted by Crippen LogP contribution is -2.09. The Balaban J connectivity index is 2.16. The highest BCUT2D eigenvalue weighted by atomic mass is 32.2. The van der Waals surface area contributed by atoms with Crippen molar-refractivity contribution in [3.63, 3.8) is 0 Å². The average Bonchev–Trinajstić information content (AvgIpc) is 2.86. The first kappa shape index (κ1) is 12.6. The molecule has 98 valence electrons. The normalized spacial score (nSPS) is 13.7. The van der Waals surface area contributed by atoms with Crippen LogP contribution in [0.5, 0.6) is 0 Å². The number of nitrogens with two attached hydrogens (primary N) is 1. The molecule has 0 aliphatic rings. The van der Waals surface area contributed by atoms with Crippen LogP contribution in [-0.4, -0.2) is 34.6 Å². The smallest absolute Gasteiger partial charge is 0.248 e. The van der Waals surface area contributed by atoms with Crippen LogP contribution >= 0.6 is 0 Å². The van der Waals surface area contributed by atoms with Gasteiger partial charge in [0.2, 0.25) is 5.89 Å². The zero-order chi connectivity index (χ0) is 13.3. The second-order valence-corrected chi connectivity index (χ2v) is 6.36. The van der Waals surface area contributed by atoms with Crippen molar-refractivity contribution in [1.29, 1.82) is 0 Å². The maximum atomic E-state index is 11.3. The predicted molar refractivity (Wildman–Crippen MR) is 63.3 cm³/mol. The number of hydrogen-bond acceptors (Lipinski definition) is 7. The van der Waals surface area contributed by atoms with E-state index < -0.39 is 15.1 Å². The zero-order valence-electron chi connectivity index (χ0n) is 9.94. The van der Waals surface area contributed by atoms with E-state index in [4.69, 9.17) is 10.3 Å². The third-order valence-electron chi connectivity index (χ3n) is 2.44. The topological polar surface area (TPSA) is 117 Å². The van der Waals surface area contributed by atoms with Crippen LogP contribution in [0.1, 0.15) is 23.9 Å². The first-order valence-electron chi connectivity index (χ1n) is 5.15. The van der Waals surface area contributed by atoms with Crippen molar-refractivity contribution in [3.8, 4) is 0 Å². The maximum absolute atomic E-state index is 11.3. The molecule has 18 heavy (non-hydrogen) atoms. The van der Waals surface area contributed by atoms with Crippen molar-refractivity contribution in [1.82, 2.24) is 19.9 Å². The quantitative estimate of drug-likeness (QED) is 0.831. The predicted octanol–water partition coefficient (Wildman–Crippen LogP) is 0.00220. The summed E-state index contributed by atoms with van der Waals surface area (Å²) in [5, 5.41) is 6.81. The molecule has 0 radical (unpaired) electrons. The lowest BCUT2D eigenvalue weighted by molar-refractivity contribution is 0.361. The van der Waals surface area contributed by atoms with Gasteiger partial charge >= 0.3 is 0 Å². The van der Waals surface area contributed by atoms with E-state index in [0.29, 0.717) is 5.69 Å². The molecular weight excluding hydrogens is 258 g/mol. The molecule has 0 aliphatic heterocycles. The molecule has 0 saturated carbocycles. The molecule has 2 heterocycles. The fraction of sp³-hybridized carbons (Fsp3) is 0.444. The van der Waals surface area contributed by atoms with Gasteiger partial charge in [-0.05, 0) is 6.92 Å². The molecule has 2 aromatic heterocycles. The van der Waals surface area contributed by atoms with Gasteiger partial charge < -0.3 is 10.3 Å². The lowest BCUT2D eigenvalue weighted by atomic mass is 10.4. The summed E-state index contributed by atoms with van der Waals surface area (Å²) in [5.74, 6) is 0.427. The first-order chi connectivity index (χ1) is 8.36. The Hall–Kier alpha value is -1.90. The zero-order valence-corrected chi connectivity index (χ0v) is 10.8. The summed E-state index contributed by atoms with van der Waals surface area (Å²) in [5.41, 5.74) is 6.04. The highest BCUT2D eigenvalue weighted by Gasteiger charge is 2.23. The van der Waals surface area contributed by atoms with Crippen LogP contribution in [0.3, 0.4) is 0 Å². The van der Waals surface area contributed by atoms with Crippen molar-refractivity contribution in [2.45, 2.75) is 18.7 Å². The molecular formula is C9H13N5O3S. The van der Waals surface area contributed by atoms with Crippen LogP contribution in [0.25, 0.3) is 0 Å². The minimum atomic E-state index is -3.24. The van der Waals surface area contributed by atoms with Gasteiger partial charge in [0, 0.05) is 12.5 Å². The SMILES string of the molecule is CC(c1noc(Cn2cc(N)cn2)n1)S(C)(=O)=O. The molecule has 1 unspecified atom stereocenters. The van der Waals surface area contributed by atoms with Crippen LogP contribution in [0.15, 0.2) is 16.9 Å². The Morgan fingerprint density at radius 2 is 2.28 bits per heavy atom. The van der Waals surface area contributed by atoms with Gasteiger partial charge in [-0.25, -0.2) is 8.42 Å². The summed E-state index contributed by atoms with van der Waals surface area (Å²) in [7, 11) is -3.24. The monoisotopic (exact) mass is 271 g/mol. The van der Waals surface area contributed by atoms with Gasteiger partial charge in [0.05, 0.1) is 11.9 Å². The van der Waals surface area contributed by atoms with E-state index in [0.717, 1.165) is 6.26 Å². The largest absolute Gasteiger partial charge is 0.396 e. The van der Waals surface area contributed by atoms with Crippen LogP contribution < -0.4 is 5.73 Å². The number of nitrogen functional groups attached to an aromatic ring is 1. The lowest BCUT2D eigenvalue weighted by Gasteiger charge is -2.01. The number of nitrogens with zero attached hydrogens (tertiary/aromatic N) is 4. The van der Waals surface area contributed by atoms with Crippen molar-refractivity contribution in [2.75, 3.05) is 12.0 Å². The Bertz CT molecular complexity index is 645. The van der Waals surface area contributed by atoms with E-state index in [9.17, 15) is 8.42 Å². The molecule has 0 aromatic carbocycles. The Labute approximate surface area is 104 Å². The van der Waals surface area contributed by atoms with E-state index in [1.165, 1.54) is 17.8 Å². The second kappa shape index (κ2) is 4.41. The number of aromatic nitrogens is 4. The molecule has 2 rings (SSSR count). The van der Waals surface area contributed by atoms with Gasteiger partial charge in [-0.1, -0.05) is 5.16 Å². The van der Waals surface area contributed by atoms with E-state index in [1.54, 1.807) is 6.20 Å². The van der Waals surface area contributed by atoms with Gasteiger partial charge in [0.1, 0.15) is 11.8 Å². The first-order valence-corrected chi connectivity index (χ1v) is 7.11. The molecule has 9 heteroatoms. The Morgan fingerprint density at radius 1 is 1.56 bits per heavy atom. The molecule has 0 amide bonds. The molecule has 0 bridgehead atoms.